The van der Waals surface area contributed by atoms with E-state index in [0.717, 1.165) is 5.56 Å². The lowest BCUT2D eigenvalue weighted by Gasteiger charge is -2.13. The van der Waals surface area contributed by atoms with Crippen LogP contribution < -0.4 is 5.32 Å². The van der Waals surface area contributed by atoms with E-state index in [4.69, 9.17) is 0 Å². The van der Waals surface area contributed by atoms with E-state index < -0.39 is 0 Å². The van der Waals surface area contributed by atoms with Crippen LogP contribution in [0.4, 0.5) is 5.69 Å². The number of para-hydroxylation sites is 1. The maximum Gasteiger partial charge on any atom is 0.274 e. The summed E-state index contributed by atoms with van der Waals surface area (Å²) in [5, 5.41) is 14.2. The molecule has 0 amide bonds. The van der Waals surface area contributed by atoms with Crippen LogP contribution in [-0.4, -0.2) is 11.0 Å². The zero-order chi connectivity index (χ0) is 10.8. The third-order valence-corrected chi connectivity index (χ3v) is 2.66. The van der Waals surface area contributed by atoms with E-state index in [-0.39, 0.29) is 16.7 Å². The highest BCUT2D eigenvalue weighted by Crippen LogP contribution is 2.28. The second-order valence-corrected chi connectivity index (χ2v) is 3.98. The van der Waals surface area contributed by atoms with Gasteiger partial charge in [0.25, 0.3) is 5.69 Å². The molecule has 1 aromatic carbocycles. The molecule has 1 aromatic rings. The Balaban J connectivity index is 2.20. The number of hydrogen-bond donors (Lipinski definition) is 1. The average molecular weight is 206 g/mol. The van der Waals surface area contributed by atoms with E-state index in [1.165, 1.54) is 12.8 Å². The van der Waals surface area contributed by atoms with Gasteiger partial charge in [0.15, 0.2) is 0 Å². The first-order valence-electron chi connectivity index (χ1n) is 5.18. The van der Waals surface area contributed by atoms with Gasteiger partial charge in [-0.15, -0.1) is 0 Å². The van der Waals surface area contributed by atoms with E-state index >= 15 is 0 Å². The number of nitro benzene ring substituents is 1. The molecule has 4 heteroatoms. The second-order valence-electron chi connectivity index (χ2n) is 3.98. The normalized spacial score (nSPS) is 17.4. The minimum Gasteiger partial charge on any atom is -0.307 e. The standard InChI is InChI=1S/C11H14N2O2/c1-8(12-9-6-7-9)10-4-2-3-5-11(10)13(14)15/h2-5,8-9,12H,6-7H2,1H3/t8-/m1/s1. The molecule has 1 atom stereocenters. The van der Waals surface area contributed by atoms with Crippen LogP contribution in [0, 0.1) is 10.1 Å². The molecule has 0 saturated heterocycles. The minimum absolute atomic E-state index is 0.0547. The number of nitrogens with zero attached hydrogens (tertiary/aromatic N) is 1. The molecule has 0 bridgehead atoms. The predicted molar refractivity (Wildman–Crippen MR) is 57.7 cm³/mol. The largest absolute Gasteiger partial charge is 0.307 e. The Hall–Kier alpha value is -1.42. The van der Waals surface area contributed by atoms with Crippen molar-refractivity contribution >= 4 is 5.69 Å². The number of nitro groups is 1. The smallest absolute Gasteiger partial charge is 0.274 e. The molecule has 0 heterocycles. The predicted octanol–water partition coefficient (Wildman–Crippen LogP) is 2.41. The van der Waals surface area contributed by atoms with Gasteiger partial charge in [-0.3, -0.25) is 10.1 Å². The fraction of sp³-hybridized carbons (Fsp3) is 0.455. The highest BCUT2D eigenvalue weighted by Gasteiger charge is 2.26. The van der Waals surface area contributed by atoms with E-state index in [0.29, 0.717) is 6.04 Å². The van der Waals surface area contributed by atoms with Gasteiger partial charge in [0.2, 0.25) is 0 Å². The third kappa shape index (κ3) is 2.33. The summed E-state index contributed by atoms with van der Waals surface area (Å²) in [5.74, 6) is 0. The Morgan fingerprint density at radius 3 is 2.73 bits per heavy atom. The van der Waals surface area contributed by atoms with Crippen molar-refractivity contribution in [3.63, 3.8) is 0 Å². The fourth-order valence-corrected chi connectivity index (χ4v) is 1.71. The minimum atomic E-state index is -0.319. The third-order valence-electron chi connectivity index (χ3n) is 2.66. The quantitative estimate of drug-likeness (QED) is 0.608. The molecule has 1 aliphatic carbocycles. The molecule has 0 spiro atoms. The lowest BCUT2D eigenvalue weighted by molar-refractivity contribution is -0.385. The molecule has 1 aliphatic rings. The van der Waals surface area contributed by atoms with Crippen molar-refractivity contribution in [1.82, 2.24) is 5.32 Å². The van der Waals surface area contributed by atoms with Crippen LogP contribution in [-0.2, 0) is 0 Å². The Labute approximate surface area is 88.5 Å². The van der Waals surface area contributed by atoms with Gasteiger partial charge in [0.1, 0.15) is 0 Å². The summed E-state index contributed by atoms with van der Waals surface area (Å²) in [6, 6.07) is 7.52. The van der Waals surface area contributed by atoms with E-state index in [1.807, 2.05) is 19.1 Å². The number of hydrogen-bond acceptors (Lipinski definition) is 3. The van der Waals surface area contributed by atoms with Gasteiger partial charge in [0, 0.05) is 23.7 Å². The first-order valence-corrected chi connectivity index (χ1v) is 5.18. The zero-order valence-electron chi connectivity index (χ0n) is 8.64. The maximum atomic E-state index is 10.8. The first kappa shape index (κ1) is 10.1. The molecule has 15 heavy (non-hydrogen) atoms. The molecular weight excluding hydrogens is 192 g/mol. The Morgan fingerprint density at radius 2 is 2.13 bits per heavy atom. The molecule has 1 fully saturated rings. The first-order chi connectivity index (χ1) is 7.18. The molecule has 2 rings (SSSR count). The second kappa shape index (κ2) is 3.98. The number of rotatable bonds is 4. The fourth-order valence-electron chi connectivity index (χ4n) is 1.71. The van der Waals surface area contributed by atoms with Crippen LogP contribution >= 0.6 is 0 Å². The summed E-state index contributed by atoms with van der Waals surface area (Å²) >= 11 is 0. The van der Waals surface area contributed by atoms with Crippen molar-refractivity contribution < 1.29 is 4.92 Å². The van der Waals surface area contributed by atoms with Crippen molar-refractivity contribution in [1.29, 1.82) is 0 Å². The van der Waals surface area contributed by atoms with E-state index in [2.05, 4.69) is 5.32 Å². The van der Waals surface area contributed by atoms with Gasteiger partial charge < -0.3 is 5.32 Å². The van der Waals surface area contributed by atoms with E-state index in [9.17, 15) is 10.1 Å². The lowest BCUT2D eigenvalue weighted by Crippen LogP contribution is -2.21. The maximum absolute atomic E-state index is 10.8. The monoisotopic (exact) mass is 206 g/mol. The summed E-state index contributed by atoms with van der Waals surface area (Å²) in [7, 11) is 0. The topological polar surface area (TPSA) is 55.2 Å². The van der Waals surface area contributed by atoms with Gasteiger partial charge in [0.05, 0.1) is 4.92 Å². The van der Waals surface area contributed by atoms with Gasteiger partial charge >= 0.3 is 0 Å². The molecule has 1 saturated carbocycles. The zero-order valence-corrected chi connectivity index (χ0v) is 8.64. The van der Waals surface area contributed by atoms with Crippen molar-refractivity contribution in [2.75, 3.05) is 0 Å². The van der Waals surface area contributed by atoms with Crippen molar-refractivity contribution in [2.24, 2.45) is 0 Å². The van der Waals surface area contributed by atoms with Crippen LogP contribution in [0.5, 0.6) is 0 Å². The molecule has 80 valence electrons. The summed E-state index contributed by atoms with van der Waals surface area (Å²) < 4.78 is 0. The van der Waals surface area contributed by atoms with Crippen molar-refractivity contribution in [3.05, 3.63) is 39.9 Å². The van der Waals surface area contributed by atoms with Crippen LogP contribution in [0.1, 0.15) is 31.4 Å². The summed E-state index contributed by atoms with van der Waals surface area (Å²) in [6.07, 6.45) is 2.37. The van der Waals surface area contributed by atoms with E-state index in [1.54, 1.807) is 12.1 Å². The highest BCUT2D eigenvalue weighted by atomic mass is 16.6. The Bertz CT molecular complexity index is 375. The number of nitrogens with one attached hydrogen (secondary N) is 1. The SMILES string of the molecule is C[C@@H](NC1CC1)c1ccccc1[N+](=O)[O-]. The lowest BCUT2D eigenvalue weighted by atomic mass is 10.1. The van der Waals surface area contributed by atoms with Crippen molar-refractivity contribution in [2.45, 2.75) is 31.8 Å². The van der Waals surface area contributed by atoms with Crippen LogP contribution in [0.25, 0.3) is 0 Å². The van der Waals surface area contributed by atoms with Gasteiger partial charge in [-0.25, -0.2) is 0 Å². The molecule has 4 nitrogen and oxygen atoms in total. The van der Waals surface area contributed by atoms with Gasteiger partial charge in [-0.1, -0.05) is 18.2 Å². The van der Waals surface area contributed by atoms with Crippen molar-refractivity contribution in [3.8, 4) is 0 Å². The Kier molecular flexibility index (Phi) is 2.68. The Morgan fingerprint density at radius 1 is 1.47 bits per heavy atom. The van der Waals surface area contributed by atoms with Crippen LogP contribution in [0.2, 0.25) is 0 Å². The van der Waals surface area contributed by atoms with Gasteiger partial charge in [-0.05, 0) is 19.8 Å². The molecule has 1 N–H and O–H groups in total. The molecular formula is C11H14N2O2. The van der Waals surface area contributed by atoms with Gasteiger partial charge in [-0.2, -0.15) is 0 Å². The summed E-state index contributed by atoms with van der Waals surface area (Å²) in [5.41, 5.74) is 0.979. The molecule has 0 aromatic heterocycles. The summed E-state index contributed by atoms with van der Waals surface area (Å²) in [4.78, 5) is 10.5. The molecule has 0 aliphatic heterocycles. The summed E-state index contributed by atoms with van der Waals surface area (Å²) in [6.45, 7) is 1.97. The molecule has 0 radical (unpaired) electrons. The highest BCUT2D eigenvalue weighted by molar-refractivity contribution is 5.41. The van der Waals surface area contributed by atoms with Crippen LogP contribution in [0.15, 0.2) is 24.3 Å². The molecule has 0 unspecified atom stereocenters. The van der Waals surface area contributed by atoms with Crippen LogP contribution in [0.3, 0.4) is 0 Å². The average Bonchev–Trinajstić information content (AvgIpc) is 3.01. The number of benzene rings is 1.